The number of hydrogen-bond acceptors (Lipinski definition) is 9. The molecule has 150 valence electrons. The summed E-state index contributed by atoms with van der Waals surface area (Å²) < 4.78 is 0.753. The lowest BCUT2D eigenvalue weighted by atomic mass is 10.0. The molecular formula is C19H20N6O2S2. The number of amides is 1. The van der Waals surface area contributed by atoms with Crippen LogP contribution in [-0.4, -0.2) is 33.2 Å². The van der Waals surface area contributed by atoms with Gasteiger partial charge in [-0.15, -0.1) is 10.2 Å². The predicted molar refractivity (Wildman–Crippen MR) is 112 cm³/mol. The molecule has 8 nitrogen and oxygen atoms in total. The topological polar surface area (TPSA) is 102 Å². The summed E-state index contributed by atoms with van der Waals surface area (Å²) in [6.07, 6.45) is 8.51. The third-order valence-corrected chi connectivity index (χ3v) is 6.56. The highest BCUT2D eigenvalue weighted by atomic mass is 32.2. The monoisotopic (exact) mass is 428 g/mol. The van der Waals surface area contributed by atoms with Crippen LogP contribution < -0.4 is 10.8 Å². The van der Waals surface area contributed by atoms with Crippen LogP contribution in [0, 0.1) is 0 Å². The molecule has 10 heteroatoms. The number of carbonyl (C=O) groups excluding carboxylic acids is 1. The first kappa shape index (κ1) is 19.7. The highest BCUT2D eigenvalue weighted by Gasteiger charge is 2.19. The Labute approximate surface area is 176 Å². The highest BCUT2D eigenvalue weighted by Crippen LogP contribution is 2.34. The molecule has 4 rings (SSSR count). The zero-order valence-corrected chi connectivity index (χ0v) is 17.4. The molecule has 0 radical (unpaired) electrons. The molecule has 3 aromatic rings. The van der Waals surface area contributed by atoms with E-state index < -0.39 is 0 Å². The summed E-state index contributed by atoms with van der Waals surface area (Å²) in [6, 6.07) is 5.39. The lowest BCUT2D eigenvalue weighted by molar-refractivity contribution is 0.102. The minimum Gasteiger partial charge on any atom is -0.290 e. The Morgan fingerprint density at radius 3 is 2.72 bits per heavy atom. The van der Waals surface area contributed by atoms with E-state index in [1.54, 1.807) is 11.6 Å². The van der Waals surface area contributed by atoms with Gasteiger partial charge in [-0.25, -0.2) is 9.97 Å². The Morgan fingerprint density at radius 1 is 1.24 bits per heavy atom. The van der Waals surface area contributed by atoms with Gasteiger partial charge in [0.25, 0.3) is 5.91 Å². The molecule has 0 spiro atoms. The molecule has 0 saturated heterocycles. The van der Waals surface area contributed by atoms with Crippen LogP contribution in [0.2, 0.25) is 0 Å². The van der Waals surface area contributed by atoms with Crippen molar-refractivity contribution in [3.8, 4) is 0 Å². The second-order valence-electron chi connectivity index (χ2n) is 6.60. The van der Waals surface area contributed by atoms with Crippen molar-refractivity contribution in [1.29, 1.82) is 0 Å². The maximum Gasteiger partial charge on any atom is 0.259 e. The fourth-order valence-corrected chi connectivity index (χ4v) is 4.86. The molecule has 0 unspecified atom stereocenters. The van der Waals surface area contributed by atoms with E-state index in [0.29, 0.717) is 17.2 Å². The molecule has 2 heterocycles. The zero-order chi connectivity index (χ0) is 20.1. The number of benzene rings is 1. The SMILES string of the molecule is CONc1ccc(Sc2nncs2)c(C(=O)Nc2ncc(C3CCCC3)cn2)c1. The molecule has 1 aliphatic carbocycles. The van der Waals surface area contributed by atoms with Crippen LogP contribution in [0.25, 0.3) is 0 Å². The van der Waals surface area contributed by atoms with Gasteiger partial charge in [-0.3, -0.25) is 20.4 Å². The molecule has 2 N–H and O–H groups in total. The van der Waals surface area contributed by atoms with Crippen molar-refractivity contribution >= 4 is 40.6 Å². The van der Waals surface area contributed by atoms with Crippen molar-refractivity contribution in [2.45, 2.75) is 40.8 Å². The lowest BCUT2D eigenvalue weighted by Crippen LogP contribution is -2.16. The van der Waals surface area contributed by atoms with Crippen molar-refractivity contribution in [1.82, 2.24) is 20.2 Å². The second-order valence-corrected chi connectivity index (χ2v) is 8.72. The molecule has 1 saturated carbocycles. The van der Waals surface area contributed by atoms with Gasteiger partial charge >= 0.3 is 0 Å². The maximum atomic E-state index is 13.0. The quantitative estimate of drug-likeness (QED) is 0.535. The lowest BCUT2D eigenvalue weighted by Gasteiger charge is -2.12. The summed E-state index contributed by atoms with van der Waals surface area (Å²) in [5.74, 6) is 0.519. The van der Waals surface area contributed by atoms with E-state index in [2.05, 4.69) is 31.0 Å². The average molecular weight is 429 g/mol. The Morgan fingerprint density at radius 2 is 2.03 bits per heavy atom. The molecule has 1 amide bonds. The normalized spacial score (nSPS) is 14.1. The van der Waals surface area contributed by atoms with Crippen LogP contribution in [0.3, 0.4) is 0 Å². The van der Waals surface area contributed by atoms with Gasteiger partial charge in [0.05, 0.1) is 18.4 Å². The molecule has 0 bridgehead atoms. The van der Waals surface area contributed by atoms with Crippen molar-refractivity contribution in [2.75, 3.05) is 17.9 Å². The van der Waals surface area contributed by atoms with Crippen molar-refractivity contribution in [3.63, 3.8) is 0 Å². The largest absolute Gasteiger partial charge is 0.290 e. The Balaban J connectivity index is 1.53. The van der Waals surface area contributed by atoms with E-state index in [1.165, 1.54) is 55.9 Å². The average Bonchev–Trinajstić information content (AvgIpc) is 3.44. The van der Waals surface area contributed by atoms with Gasteiger partial charge in [-0.2, -0.15) is 0 Å². The van der Waals surface area contributed by atoms with E-state index in [4.69, 9.17) is 4.84 Å². The van der Waals surface area contributed by atoms with Gasteiger partial charge in [0.15, 0.2) is 4.34 Å². The molecule has 29 heavy (non-hydrogen) atoms. The van der Waals surface area contributed by atoms with Crippen LogP contribution in [0.5, 0.6) is 0 Å². The van der Waals surface area contributed by atoms with Crippen LogP contribution in [0.1, 0.15) is 47.5 Å². The molecule has 1 aliphatic rings. The second kappa shape index (κ2) is 9.29. The van der Waals surface area contributed by atoms with E-state index >= 15 is 0 Å². The van der Waals surface area contributed by atoms with E-state index in [0.717, 1.165) is 14.8 Å². The first-order valence-electron chi connectivity index (χ1n) is 9.23. The van der Waals surface area contributed by atoms with E-state index in [9.17, 15) is 4.79 Å². The van der Waals surface area contributed by atoms with Crippen LogP contribution in [0.4, 0.5) is 11.6 Å². The third-order valence-electron chi connectivity index (χ3n) is 4.71. The predicted octanol–water partition coefficient (Wildman–Crippen LogP) is 4.36. The summed E-state index contributed by atoms with van der Waals surface area (Å²) in [5.41, 5.74) is 6.67. The molecule has 2 aromatic heterocycles. The zero-order valence-electron chi connectivity index (χ0n) is 15.8. The van der Waals surface area contributed by atoms with Gasteiger partial charge in [-0.1, -0.05) is 35.9 Å². The number of rotatable bonds is 7. The number of anilines is 2. The number of aromatic nitrogens is 4. The molecule has 1 aromatic carbocycles. The van der Waals surface area contributed by atoms with Crippen LogP contribution >= 0.6 is 23.1 Å². The first-order valence-corrected chi connectivity index (χ1v) is 10.9. The van der Waals surface area contributed by atoms with Gasteiger partial charge in [0.2, 0.25) is 5.95 Å². The minimum absolute atomic E-state index is 0.286. The number of carbonyl (C=O) groups is 1. The molecular weight excluding hydrogens is 408 g/mol. The summed E-state index contributed by atoms with van der Waals surface area (Å²) in [6.45, 7) is 0. The van der Waals surface area contributed by atoms with Crippen molar-refractivity contribution in [3.05, 3.63) is 47.2 Å². The Hall–Kier alpha value is -2.56. The van der Waals surface area contributed by atoms with Gasteiger partial charge in [-0.05, 0) is 42.5 Å². The summed E-state index contributed by atoms with van der Waals surface area (Å²) in [5, 5.41) is 10.7. The highest BCUT2D eigenvalue weighted by molar-refractivity contribution is 8.01. The summed E-state index contributed by atoms with van der Waals surface area (Å²) in [7, 11) is 1.52. The fraction of sp³-hybridized carbons (Fsp3) is 0.316. The van der Waals surface area contributed by atoms with Crippen molar-refractivity contribution in [2.24, 2.45) is 0 Å². The number of nitrogens with zero attached hydrogens (tertiary/aromatic N) is 4. The Kier molecular flexibility index (Phi) is 6.33. The van der Waals surface area contributed by atoms with Crippen molar-refractivity contribution < 1.29 is 9.63 Å². The van der Waals surface area contributed by atoms with Crippen LogP contribution in [-0.2, 0) is 4.84 Å². The van der Waals surface area contributed by atoms with Gasteiger partial charge in [0.1, 0.15) is 5.51 Å². The standard InChI is InChI=1S/C19H20N6O2S2/c1-27-25-14-6-7-16(29-19-24-22-11-28-19)15(8-14)17(26)23-18-20-9-13(10-21-18)12-4-2-3-5-12/h6-12,25H,2-5H2,1H3,(H,20,21,23,26). The smallest absolute Gasteiger partial charge is 0.259 e. The Bertz CT molecular complexity index is 959. The molecule has 1 fully saturated rings. The number of hydrogen-bond donors (Lipinski definition) is 2. The minimum atomic E-state index is -0.301. The summed E-state index contributed by atoms with van der Waals surface area (Å²) >= 11 is 2.79. The van der Waals surface area contributed by atoms with E-state index in [-0.39, 0.29) is 11.9 Å². The van der Waals surface area contributed by atoms with Gasteiger partial charge in [0, 0.05) is 17.3 Å². The number of nitrogens with one attached hydrogen (secondary N) is 2. The third kappa shape index (κ3) is 4.89. The molecule has 0 aliphatic heterocycles. The van der Waals surface area contributed by atoms with E-state index in [1.807, 2.05) is 24.5 Å². The first-order chi connectivity index (χ1) is 14.2. The summed E-state index contributed by atoms with van der Waals surface area (Å²) in [4.78, 5) is 27.3. The molecule has 0 atom stereocenters. The maximum absolute atomic E-state index is 13.0. The van der Waals surface area contributed by atoms with Gasteiger partial charge < -0.3 is 0 Å². The van der Waals surface area contributed by atoms with Crippen LogP contribution in [0.15, 0.2) is 45.3 Å². The fourth-order valence-electron chi connectivity index (χ4n) is 3.32.